The van der Waals surface area contributed by atoms with Gasteiger partial charge in [-0.15, -0.1) is 0 Å². The van der Waals surface area contributed by atoms with E-state index in [1.807, 2.05) is 18.2 Å². The van der Waals surface area contributed by atoms with Gasteiger partial charge >= 0.3 is 5.63 Å². The number of fused-ring (bicyclic) bond motifs is 3. The summed E-state index contributed by atoms with van der Waals surface area (Å²) in [5.41, 5.74) is 1.24. The molecule has 18 heavy (non-hydrogen) atoms. The number of aromatic nitrogens is 2. The van der Waals surface area contributed by atoms with E-state index in [0.717, 1.165) is 11.2 Å². The second kappa shape index (κ2) is 4.27. The first-order valence-electron chi connectivity index (χ1n) is 5.69. The lowest BCUT2D eigenvalue weighted by Crippen LogP contribution is -2.00. The molecule has 0 saturated carbocycles. The highest BCUT2D eigenvalue weighted by atomic mass is 16.5. The standard InChI is InChI=1S/C13H12N2O3/c1-17-7-6-10-14-11-8-4-2-3-5-9(8)18-13(16)12(11)15-10/h2-5H,6-7H2,1H3,(H,14,15). The van der Waals surface area contributed by atoms with Crippen molar-refractivity contribution in [1.82, 2.24) is 9.97 Å². The van der Waals surface area contributed by atoms with Crippen molar-refractivity contribution < 1.29 is 9.15 Å². The first-order chi connectivity index (χ1) is 8.79. The summed E-state index contributed by atoms with van der Waals surface area (Å²) in [5.74, 6) is 0.732. The van der Waals surface area contributed by atoms with Crippen molar-refractivity contribution >= 4 is 22.0 Å². The van der Waals surface area contributed by atoms with Crippen molar-refractivity contribution in [1.29, 1.82) is 0 Å². The molecule has 5 heteroatoms. The predicted molar refractivity (Wildman–Crippen MR) is 67.7 cm³/mol. The Labute approximate surface area is 102 Å². The van der Waals surface area contributed by atoms with Crippen LogP contribution in [0.4, 0.5) is 0 Å². The van der Waals surface area contributed by atoms with Gasteiger partial charge in [-0.2, -0.15) is 0 Å². The summed E-state index contributed by atoms with van der Waals surface area (Å²) < 4.78 is 10.2. The molecule has 2 aromatic heterocycles. The summed E-state index contributed by atoms with van der Waals surface area (Å²) in [5, 5.41) is 0.840. The highest BCUT2D eigenvalue weighted by Gasteiger charge is 2.11. The quantitative estimate of drug-likeness (QED) is 0.714. The molecule has 0 fully saturated rings. The van der Waals surface area contributed by atoms with Gasteiger partial charge in [-0.25, -0.2) is 9.78 Å². The van der Waals surface area contributed by atoms with E-state index >= 15 is 0 Å². The lowest BCUT2D eigenvalue weighted by atomic mass is 10.2. The van der Waals surface area contributed by atoms with Gasteiger partial charge in [0, 0.05) is 18.9 Å². The summed E-state index contributed by atoms with van der Waals surface area (Å²) in [6, 6.07) is 7.38. The molecule has 1 aromatic carbocycles. The predicted octanol–water partition coefficient (Wildman–Crippen LogP) is 1.86. The van der Waals surface area contributed by atoms with E-state index in [4.69, 9.17) is 9.15 Å². The second-order valence-corrected chi connectivity index (χ2v) is 4.04. The van der Waals surface area contributed by atoms with E-state index in [-0.39, 0.29) is 5.63 Å². The number of hydrogen-bond donors (Lipinski definition) is 1. The van der Waals surface area contributed by atoms with Crippen molar-refractivity contribution in [2.24, 2.45) is 0 Å². The number of imidazole rings is 1. The second-order valence-electron chi connectivity index (χ2n) is 4.04. The number of nitrogens with zero attached hydrogens (tertiary/aromatic N) is 1. The Balaban J connectivity index is 2.27. The van der Waals surface area contributed by atoms with Crippen molar-refractivity contribution in [2.45, 2.75) is 6.42 Å². The molecule has 1 N–H and O–H groups in total. The molecule has 0 spiro atoms. The highest BCUT2D eigenvalue weighted by molar-refractivity contribution is 6.00. The molecule has 0 unspecified atom stereocenters. The van der Waals surface area contributed by atoms with E-state index in [2.05, 4.69) is 9.97 Å². The molecule has 5 nitrogen and oxygen atoms in total. The molecule has 92 valence electrons. The number of aromatic amines is 1. The maximum atomic E-state index is 11.8. The number of para-hydroxylation sites is 1. The Kier molecular flexibility index (Phi) is 2.60. The van der Waals surface area contributed by atoms with Crippen molar-refractivity contribution in [3.05, 3.63) is 40.5 Å². The maximum absolute atomic E-state index is 11.8. The summed E-state index contributed by atoms with van der Waals surface area (Å²) in [6.45, 7) is 0.559. The van der Waals surface area contributed by atoms with Crippen LogP contribution >= 0.6 is 0 Å². The minimum atomic E-state index is -0.389. The van der Waals surface area contributed by atoms with Crippen molar-refractivity contribution in [3.8, 4) is 0 Å². The van der Waals surface area contributed by atoms with Gasteiger partial charge in [-0.1, -0.05) is 12.1 Å². The van der Waals surface area contributed by atoms with Crippen LogP contribution in [0.25, 0.3) is 22.0 Å². The Morgan fingerprint density at radius 2 is 2.22 bits per heavy atom. The first kappa shape index (κ1) is 11.0. The van der Waals surface area contributed by atoms with E-state index in [0.29, 0.717) is 29.6 Å². The number of nitrogens with one attached hydrogen (secondary N) is 1. The summed E-state index contributed by atoms with van der Waals surface area (Å²) in [7, 11) is 1.63. The smallest absolute Gasteiger partial charge is 0.362 e. The third-order valence-electron chi connectivity index (χ3n) is 2.84. The normalized spacial score (nSPS) is 11.4. The van der Waals surface area contributed by atoms with Crippen LogP contribution in [0, 0.1) is 0 Å². The van der Waals surface area contributed by atoms with Crippen molar-refractivity contribution in [3.63, 3.8) is 0 Å². The molecule has 3 aromatic rings. The monoisotopic (exact) mass is 244 g/mol. The molecule has 0 bridgehead atoms. The fraction of sp³-hybridized carbons (Fsp3) is 0.231. The van der Waals surface area contributed by atoms with E-state index in [9.17, 15) is 4.79 Å². The molecular formula is C13H12N2O3. The molecule has 2 heterocycles. The summed E-state index contributed by atoms with van der Waals surface area (Å²) in [6.07, 6.45) is 0.638. The van der Waals surface area contributed by atoms with Crippen LogP contribution in [0.15, 0.2) is 33.5 Å². The lowest BCUT2D eigenvalue weighted by molar-refractivity contribution is 0.201. The zero-order valence-electron chi connectivity index (χ0n) is 9.90. The maximum Gasteiger partial charge on any atom is 0.362 e. The molecule has 0 amide bonds. The van der Waals surface area contributed by atoms with Gasteiger partial charge < -0.3 is 14.1 Å². The Morgan fingerprint density at radius 3 is 3.06 bits per heavy atom. The minimum Gasteiger partial charge on any atom is -0.421 e. The van der Waals surface area contributed by atoms with Gasteiger partial charge in [0.2, 0.25) is 0 Å². The average molecular weight is 244 g/mol. The minimum absolute atomic E-state index is 0.389. The van der Waals surface area contributed by atoms with Gasteiger partial charge in [-0.3, -0.25) is 0 Å². The molecule has 0 saturated heterocycles. The number of hydrogen-bond acceptors (Lipinski definition) is 4. The van der Waals surface area contributed by atoms with E-state index < -0.39 is 0 Å². The van der Waals surface area contributed by atoms with Crippen LogP contribution in [-0.4, -0.2) is 23.7 Å². The Bertz CT molecular complexity index is 758. The first-order valence-corrected chi connectivity index (χ1v) is 5.69. The van der Waals surface area contributed by atoms with E-state index in [1.54, 1.807) is 13.2 Å². The molecule has 0 radical (unpaired) electrons. The third-order valence-corrected chi connectivity index (χ3v) is 2.84. The van der Waals surface area contributed by atoms with Crippen LogP contribution < -0.4 is 5.63 Å². The Morgan fingerprint density at radius 1 is 1.39 bits per heavy atom. The lowest BCUT2D eigenvalue weighted by Gasteiger charge is -1.95. The van der Waals surface area contributed by atoms with Crippen LogP contribution in [0.3, 0.4) is 0 Å². The fourth-order valence-electron chi connectivity index (χ4n) is 1.98. The number of rotatable bonds is 3. The fourth-order valence-corrected chi connectivity index (χ4v) is 1.98. The van der Waals surface area contributed by atoms with Gasteiger partial charge in [0.1, 0.15) is 16.9 Å². The van der Waals surface area contributed by atoms with Gasteiger partial charge in [0.05, 0.1) is 6.61 Å². The van der Waals surface area contributed by atoms with Gasteiger partial charge in [-0.05, 0) is 12.1 Å². The summed E-state index contributed by atoms with van der Waals surface area (Å²) in [4.78, 5) is 19.2. The number of benzene rings is 1. The zero-order valence-corrected chi connectivity index (χ0v) is 9.90. The molecule has 0 atom stereocenters. The van der Waals surface area contributed by atoms with E-state index in [1.165, 1.54) is 0 Å². The average Bonchev–Trinajstić information content (AvgIpc) is 2.81. The topological polar surface area (TPSA) is 68.1 Å². The largest absolute Gasteiger partial charge is 0.421 e. The molecule has 3 rings (SSSR count). The van der Waals surface area contributed by atoms with Crippen LogP contribution in [0.2, 0.25) is 0 Å². The summed E-state index contributed by atoms with van der Waals surface area (Å²) >= 11 is 0. The SMILES string of the molecule is COCCc1nc2c([nH]1)c(=O)oc1ccccc12. The van der Waals surface area contributed by atoms with Crippen LogP contribution in [-0.2, 0) is 11.2 Å². The number of methoxy groups -OCH3 is 1. The molecular weight excluding hydrogens is 232 g/mol. The van der Waals surface area contributed by atoms with Crippen molar-refractivity contribution in [2.75, 3.05) is 13.7 Å². The number of H-pyrrole nitrogens is 1. The van der Waals surface area contributed by atoms with Crippen LogP contribution in [0.1, 0.15) is 5.82 Å². The number of ether oxygens (including phenoxy) is 1. The molecule has 0 aliphatic carbocycles. The van der Waals surface area contributed by atoms with Crippen LogP contribution in [0.5, 0.6) is 0 Å². The third kappa shape index (κ3) is 1.69. The van der Waals surface area contributed by atoms with Gasteiger partial charge in [0.25, 0.3) is 0 Å². The Hall–Kier alpha value is -2.14. The zero-order chi connectivity index (χ0) is 12.5. The molecule has 0 aliphatic heterocycles. The highest BCUT2D eigenvalue weighted by Crippen LogP contribution is 2.20. The molecule has 0 aliphatic rings. The van der Waals surface area contributed by atoms with Gasteiger partial charge in [0.15, 0.2) is 5.52 Å².